The smallest absolute Gasteiger partial charge is 0.170 e. The Bertz CT molecular complexity index is 758. The summed E-state index contributed by atoms with van der Waals surface area (Å²) in [5.74, 6) is 0. The van der Waals surface area contributed by atoms with Gasteiger partial charge in [-0.2, -0.15) is 10.2 Å². The first kappa shape index (κ1) is 13.5. The van der Waals surface area contributed by atoms with Crippen LogP contribution < -0.4 is 0 Å². The van der Waals surface area contributed by atoms with Gasteiger partial charge in [-0.3, -0.25) is 14.6 Å². The van der Waals surface area contributed by atoms with E-state index in [-0.39, 0.29) is 0 Å². The normalized spacial score (nSPS) is 11.4. The number of aromatic amines is 1. The molecule has 2 aromatic heterocycles. The van der Waals surface area contributed by atoms with E-state index in [9.17, 15) is 4.79 Å². The Labute approximate surface area is 122 Å². The molecule has 3 aromatic rings. The number of carbonyl (C=O) groups excluding carboxylic acids is 1. The van der Waals surface area contributed by atoms with Gasteiger partial charge in [-0.25, -0.2) is 0 Å². The van der Waals surface area contributed by atoms with Crippen molar-refractivity contribution >= 4 is 17.2 Å². The summed E-state index contributed by atoms with van der Waals surface area (Å²) in [4.78, 5) is 13.3. The fraction of sp³-hybridized carbons (Fsp3) is 0.267. The number of aromatic nitrogens is 4. The predicted molar refractivity (Wildman–Crippen MR) is 81.3 cm³/mol. The maximum Gasteiger partial charge on any atom is 0.170 e. The monoisotopic (exact) mass is 283 g/mol. The zero-order valence-electron chi connectivity index (χ0n) is 12.1. The SMILES string of the molecule is CN(C)CCn1nc(C=O)c2ccc(-c3cn[nH]c3)cc21. The third kappa shape index (κ3) is 2.57. The van der Waals surface area contributed by atoms with Crippen LogP contribution in [0.2, 0.25) is 0 Å². The van der Waals surface area contributed by atoms with Gasteiger partial charge in [-0.1, -0.05) is 6.07 Å². The molecule has 0 spiro atoms. The van der Waals surface area contributed by atoms with Crippen molar-refractivity contribution < 1.29 is 4.79 Å². The largest absolute Gasteiger partial charge is 0.308 e. The molecule has 0 atom stereocenters. The lowest BCUT2D eigenvalue weighted by atomic mass is 10.1. The van der Waals surface area contributed by atoms with Gasteiger partial charge in [0.05, 0.1) is 18.3 Å². The Kier molecular flexibility index (Phi) is 3.53. The van der Waals surface area contributed by atoms with E-state index in [0.29, 0.717) is 5.69 Å². The molecule has 0 aliphatic rings. The van der Waals surface area contributed by atoms with Gasteiger partial charge in [0, 0.05) is 23.7 Å². The van der Waals surface area contributed by atoms with Crippen molar-refractivity contribution in [1.82, 2.24) is 24.9 Å². The summed E-state index contributed by atoms with van der Waals surface area (Å²) in [5.41, 5.74) is 3.53. The summed E-state index contributed by atoms with van der Waals surface area (Å²) in [7, 11) is 4.03. The minimum absolute atomic E-state index is 0.488. The number of likely N-dealkylation sites (N-methyl/N-ethyl adjacent to an activating group) is 1. The molecule has 0 fully saturated rings. The number of nitrogens with one attached hydrogen (secondary N) is 1. The second-order valence-corrected chi connectivity index (χ2v) is 5.25. The van der Waals surface area contributed by atoms with E-state index in [1.807, 2.05) is 37.1 Å². The molecule has 3 rings (SSSR count). The topological polar surface area (TPSA) is 66.8 Å². The third-order valence-electron chi connectivity index (χ3n) is 3.48. The molecule has 2 heterocycles. The van der Waals surface area contributed by atoms with Crippen LogP contribution in [0.5, 0.6) is 0 Å². The molecule has 0 aliphatic carbocycles. The molecule has 0 saturated carbocycles. The lowest BCUT2D eigenvalue weighted by molar-refractivity contribution is 0.111. The molecular weight excluding hydrogens is 266 g/mol. The number of fused-ring (bicyclic) bond motifs is 1. The van der Waals surface area contributed by atoms with Crippen molar-refractivity contribution in [2.45, 2.75) is 6.54 Å². The Hall–Kier alpha value is -2.47. The minimum atomic E-state index is 0.488. The lowest BCUT2D eigenvalue weighted by Gasteiger charge is -2.10. The molecule has 1 N–H and O–H groups in total. The van der Waals surface area contributed by atoms with Crippen LogP contribution in [-0.2, 0) is 6.54 Å². The first-order valence-electron chi connectivity index (χ1n) is 6.78. The maximum absolute atomic E-state index is 11.2. The van der Waals surface area contributed by atoms with E-state index in [0.717, 1.165) is 41.4 Å². The number of carbonyl (C=O) groups is 1. The minimum Gasteiger partial charge on any atom is -0.308 e. The van der Waals surface area contributed by atoms with Crippen molar-refractivity contribution in [3.05, 3.63) is 36.3 Å². The van der Waals surface area contributed by atoms with Crippen LogP contribution in [0.25, 0.3) is 22.0 Å². The lowest BCUT2D eigenvalue weighted by Crippen LogP contribution is -2.19. The van der Waals surface area contributed by atoms with Gasteiger partial charge in [-0.15, -0.1) is 0 Å². The first-order chi connectivity index (χ1) is 10.2. The van der Waals surface area contributed by atoms with Crippen LogP contribution >= 0.6 is 0 Å². The Morgan fingerprint density at radius 2 is 2.19 bits per heavy atom. The highest BCUT2D eigenvalue weighted by Crippen LogP contribution is 2.25. The molecule has 108 valence electrons. The molecule has 1 aromatic carbocycles. The van der Waals surface area contributed by atoms with E-state index in [4.69, 9.17) is 0 Å². The number of hydrogen-bond donors (Lipinski definition) is 1. The Balaban J connectivity index is 2.08. The van der Waals surface area contributed by atoms with Gasteiger partial charge in [-0.05, 0) is 31.8 Å². The van der Waals surface area contributed by atoms with E-state index >= 15 is 0 Å². The van der Waals surface area contributed by atoms with Gasteiger partial charge in [0.2, 0.25) is 0 Å². The number of benzene rings is 1. The summed E-state index contributed by atoms with van der Waals surface area (Å²) in [6, 6.07) is 5.98. The van der Waals surface area contributed by atoms with E-state index in [1.165, 1.54) is 0 Å². The van der Waals surface area contributed by atoms with Crippen molar-refractivity contribution in [3.8, 4) is 11.1 Å². The number of H-pyrrole nitrogens is 1. The zero-order chi connectivity index (χ0) is 14.8. The van der Waals surface area contributed by atoms with E-state index in [1.54, 1.807) is 6.20 Å². The van der Waals surface area contributed by atoms with E-state index < -0.39 is 0 Å². The first-order valence-corrected chi connectivity index (χ1v) is 6.78. The third-order valence-corrected chi connectivity index (χ3v) is 3.48. The highest BCUT2D eigenvalue weighted by Gasteiger charge is 2.11. The molecule has 0 aliphatic heterocycles. The molecule has 0 saturated heterocycles. The van der Waals surface area contributed by atoms with Gasteiger partial charge in [0.15, 0.2) is 6.29 Å². The van der Waals surface area contributed by atoms with E-state index in [2.05, 4.69) is 26.3 Å². The Morgan fingerprint density at radius 1 is 1.33 bits per heavy atom. The zero-order valence-corrected chi connectivity index (χ0v) is 12.1. The molecule has 21 heavy (non-hydrogen) atoms. The summed E-state index contributed by atoms with van der Waals surface area (Å²) in [6.07, 6.45) is 4.44. The van der Waals surface area contributed by atoms with Gasteiger partial charge in [0.1, 0.15) is 5.69 Å². The standard InChI is InChI=1S/C15H17N5O/c1-19(2)5-6-20-15-7-11(12-8-16-17-9-12)3-4-13(15)14(10-21)18-20/h3-4,7-10H,5-6H2,1-2H3,(H,16,17). The fourth-order valence-corrected chi connectivity index (χ4v) is 2.34. The number of aldehydes is 1. The molecule has 6 nitrogen and oxygen atoms in total. The van der Waals surface area contributed by atoms with Crippen molar-refractivity contribution in [1.29, 1.82) is 0 Å². The van der Waals surface area contributed by atoms with Crippen LogP contribution in [0.4, 0.5) is 0 Å². The van der Waals surface area contributed by atoms with Crippen molar-refractivity contribution in [2.24, 2.45) is 0 Å². The number of rotatable bonds is 5. The summed E-state index contributed by atoms with van der Waals surface area (Å²) in [6.45, 7) is 1.61. The van der Waals surface area contributed by atoms with Gasteiger partial charge in [0.25, 0.3) is 0 Å². The van der Waals surface area contributed by atoms with Crippen LogP contribution in [-0.4, -0.2) is 51.8 Å². The number of hydrogen-bond acceptors (Lipinski definition) is 4. The highest BCUT2D eigenvalue weighted by molar-refractivity contribution is 5.96. The molecule has 0 radical (unpaired) electrons. The van der Waals surface area contributed by atoms with Crippen LogP contribution in [0.3, 0.4) is 0 Å². The molecule has 6 heteroatoms. The molecule has 0 bridgehead atoms. The van der Waals surface area contributed by atoms with Crippen LogP contribution in [0.1, 0.15) is 10.5 Å². The fourth-order valence-electron chi connectivity index (χ4n) is 2.34. The molecule has 0 amide bonds. The van der Waals surface area contributed by atoms with Crippen molar-refractivity contribution in [2.75, 3.05) is 20.6 Å². The second-order valence-electron chi connectivity index (χ2n) is 5.25. The predicted octanol–water partition coefficient (Wildman–Crippen LogP) is 1.80. The summed E-state index contributed by atoms with van der Waals surface area (Å²) < 4.78 is 1.89. The van der Waals surface area contributed by atoms with Crippen LogP contribution in [0.15, 0.2) is 30.6 Å². The average Bonchev–Trinajstić information content (AvgIpc) is 3.12. The summed E-state index contributed by atoms with van der Waals surface area (Å²) >= 11 is 0. The highest BCUT2D eigenvalue weighted by atomic mass is 16.1. The maximum atomic E-state index is 11.2. The summed E-state index contributed by atoms with van der Waals surface area (Å²) in [5, 5.41) is 12.1. The molecular formula is C15H17N5O. The quantitative estimate of drug-likeness (QED) is 0.725. The second kappa shape index (κ2) is 5.49. The average molecular weight is 283 g/mol. The Morgan fingerprint density at radius 3 is 2.86 bits per heavy atom. The van der Waals surface area contributed by atoms with Crippen LogP contribution in [0, 0.1) is 0 Å². The van der Waals surface area contributed by atoms with Gasteiger partial charge < -0.3 is 4.90 Å². The number of nitrogens with zero attached hydrogens (tertiary/aromatic N) is 4. The van der Waals surface area contributed by atoms with Gasteiger partial charge >= 0.3 is 0 Å². The van der Waals surface area contributed by atoms with Crippen molar-refractivity contribution in [3.63, 3.8) is 0 Å². The molecule has 0 unspecified atom stereocenters.